The molecule has 1 aromatic heterocycles. The van der Waals surface area contributed by atoms with Gasteiger partial charge in [0.05, 0.1) is 0 Å². The summed E-state index contributed by atoms with van der Waals surface area (Å²) in [5.41, 5.74) is 0.447. The lowest BCUT2D eigenvalue weighted by Gasteiger charge is -2.42. The van der Waals surface area contributed by atoms with Crippen LogP contribution < -0.4 is 10.0 Å². The van der Waals surface area contributed by atoms with E-state index < -0.39 is 10.0 Å². The number of carbonyl (C=O) groups excluding carboxylic acids is 1. The molecule has 32 heavy (non-hydrogen) atoms. The SMILES string of the molecule is CC1CCC(N(C(=O)Nc2nnc(S(=O)(=O)Nc3ccccc3)s2)C2CCCCC2)CC1. The highest BCUT2D eigenvalue weighted by Gasteiger charge is 2.34. The number of urea groups is 1. The molecule has 2 aliphatic rings. The van der Waals surface area contributed by atoms with Crippen LogP contribution in [-0.4, -0.2) is 41.6 Å². The van der Waals surface area contributed by atoms with Crippen molar-refractivity contribution in [3.8, 4) is 0 Å². The summed E-state index contributed by atoms with van der Waals surface area (Å²) in [7, 11) is -3.87. The Morgan fingerprint density at radius 1 is 0.969 bits per heavy atom. The number of hydrogen-bond donors (Lipinski definition) is 2. The van der Waals surface area contributed by atoms with Gasteiger partial charge in [-0.1, -0.05) is 55.7 Å². The highest BCUT2D eigenvalue weighted by molar-refractivity contribution is 7.94. The van der Waals surface area contributed by atoms with E-state index >= 15 is 0 Å². The number of nitrogens with zero attached hydrogens (tertiary/aromatic N) is 3. The fraction of sp³-hybridized carbons (Fsp3) is 0.591. The van der Waals surface area contributed by atoms with E-state index in [1.54, 1.807) is 30.3 Å². The maximum absolute atomic E-state index is 13.3. The summed E-state index contributed by atoms with van der Waals surface area (Å²) in [5, 5.41) is 10.8. The smallest absolute Gasteiger partial charge is 0.319 e. The molecule has 1 heterocycles. The van der Waals surface area contributed by atoms with Gasteiger partial charge in [0.2, 0.25) is 5.13 Å². The third-order valence-electron chi connectivity index (χ3n) is 6.46. The van der Waals surface area contributed by atoms with Crippen LogP contribution in [0.4, 0.5) is 15.6 Å². The molecule has 8 nitrogen and oxygen atoms in total. The molecule has 1 aromatic carbocycles. The lowest BCUT2D eigenvalue weighted by Crippen LogP contribution is -2.51. The molecule has 0 unspecified atom stereocenters. The minimum absolute atomic E-state index is 0.174. The molecule has 2 aromatic rings. The van der Waals surface area contributed by atoms with Crippen LogP contribution in [0.1, 0.15) is 64.7 Å². The van der Waals surface area contributed by atoms with Gasteiger partial charge in [-0.2, -0.15) is 8.42 Å². The van der Waals surface area contributed by atoms with Crippen LogP contribution in [0.15, 0.2) is 34.7 Å². The van der Waals surface area contributed by atoms with Crippen LogP contribution in [0.5, 0.6) is 0 Å². The lowest BCUT2D eigenvalue weighted by molar-refractivity contribution is 0.105. The molecule has 10 heteroatoms. The standard InChI is InChI=1S/C22H31N5O3S2/c1-16-12-14-19(15-13-16)27(18-10-6-3-7-11-18)21(28)23-20-24-25-22(31-20)32(29,30)26-17-8-4-2-5-9-17/h2,4-5,8-9,16,18-19,26H,3,6-7,10-15H2,1H3,(H,23,24,28). The second-order valence-electron chi connectivity index (χ2n) is 8.89. The molecule has 2 saturated carbocycles. The van der Waals surface area contributed by atoms with Gasteiger partial charge < -0.3 is 4.90 Å². The number of rotatable bonds is 6. The van der Waals surface area contributed by atoms with Crippen molar-refractivity contribution in [2.75, 3.05) is 10.0 Å². The summed E-state index contributed by atoms with van der Waals surface area (Å²) in [4.78, 5) is 15.4. The van der Waals surface area contributed by atoms with Gasteiger partial charge >= 0.3 is 6.03 Å². The van der Waals surface area contributed by atoms with E-state index in [9.17, 15) is 13.2 Å². The third kappa shape index (κ3) is 5.58. The summed E-state index contributed by atoms with van der Waals surface area (Å²) in [6.45, 7) is 2.27. The van der Waals surface area contributed by atoms with Crippen molar-refractivity contribution in [2.24, 2.45) is 5.92 Å². The Balaban J connectivity index is 1.47. The van der Waals surface area contributed by atoms with Gasteiger partial charge in [0.15, 0.2) is 0 Å². The maximum atomic E-state index is 13.3. The predicted octanol–water partition coefficient (Wildman–Crippen LogP) is 5.08. The molecular formula is C22H31N5O3S2. The zero-order valence-electron chi connectivity index (χ0n) is 18.4. The van der Waals surface area contributed by atoms with E-state index in [1.807, 2.05) is 4.90 Å². The predicted molar refractivity (Wildman–Crippen MR) is 126 cm³/mol. The van der Waals surface area contributed by atoms with E-state index in [0.717, 1.165) is 62.7 Å². The van der Waals surface area contributed by atoms with E-state index in [1.165, 1.54) is 6.42 Å². The van der Waals surface area contributed by atoms with Gasteiger partial charge in [-0.15, -0.1) is 10.2 Å². The molecule has 0 spiro atoms. The summed E-state index contributed by atoms with van der Waals surface area (Å²) in [6, 6.07) is 8.89. The number of anilines is 2. The van der Waals surface area contributed by atoms with Crippen molar-refractivity contribution in [3.05, 3.63) is 30.3 Å². The first-order valence-corrected chi connectivity index (χ1v) is 13.7. The Bertz CT molecular complexity index is 998. The second-order valence-corrected chi connectivity index (χ2v) is 11.7. The zero-order valence-corrected chi connectivity index (χ0v) is 20.0. The largest absolute Gasteiger partial charge is 0.324 e. The normalized spacial score (nSPS) is 22.3. The molecule has 2 aliphatic carbocycles. The minimum atomic E-state index is -3.87. The molecule has 2 fully saturated rings. The maximum Gasteiger partial charge on any atom is 0.324 e. The number of hydrogen-bond acceptors (Lipinski definition) is 6. The molecule has 2 N–H and O–H groups in total. The van der Waals surface area contributed by atoms with Crippen LogP contribution in [0.2, 0.25) is 0 Å². The summed E-state index contributed by atoms with van der Waals surface area (Å²) < 4.78 is 27.6. The van der Waals surface area contributed by atoms with Crippen molar-refractivity contribution in [1.29, 1.82) is 0 Å². The zero-order chi connectivity index (χ0) is 22.6. The van der Waals surface area contributed by atoms with Gasteiger partial charge in [-0.05, 0) is 56.6 Å². The van der Waals surface area contributed by atoms with Gasteiger partial charge in [-0.3, -0.25) is 10.0 Å². The van der Waals surface area contributed by atoms with Gasteiger partial charge in [0.25, 0.3) is 14.4 Å². The minimum Gasteiger partial charge on any atom is -0.319 e. The number of para-hydroxylation sites is 1. The van der Waals surface area contributed by atoms with E-state index in [4.69, 9.17) is 0 Å². The summed E-state index contributed by atoms with van der Waals surface area (Å²) in [5.74, 6) is 0.704. The van der Waals surface area contributed by atoms with Crippen LogP contribution in [0.25, 0.3) is 0 Å². The average Bonchev–Trinajstić information content (AvgIpc) is 3.26. The summed E-state index contributed by atoms with van der Waals surface area (Å²) in [6.07, 6.45) is 9.85. The molecule has 0 atom stereocenters. The second kappa shape index (κ2) is 10.2. The van der Waals surface area contributed by atoms with Crippen LogP contribution >= 0.6 is 11.3 Å². The molecule has 2 amide bonds. The van der Waals surface area contributed by atoms with Crippen LogP contribution in [0, 0.1) is 5.92 Å². The first-order chi connectivity index (χ1) is 15.4. The number of carbonyl (C=O) groups is 1. The average molecular weight is 478 g/mol. The Kier molecular flexibility index (Phi) is 7.30. The Morgan fingerprint density at radius 3 is 2.31 bits per heavy atom. The molecule has 174 valence electrons. The van der Waals surface area contributed by atoms with Gasteiger partial charge in [0.1, 0.15) is 0 Å². The highest BCUT2D eigenvalue weighted by Crippen LogP contribution is 2.33. The Labute approximate surface area is 193 Å². The van der Waals surface area contributed by atoms with E-state index in [2.05, 4.69) is 27.2 Å². The van der Waals surface area contributed by atoms with E-state index in [-0.39, 0.29) is 27.6 Å². The topological polar surface area (TPSA) is 104 Å². The fourth-order valence-electron chi connectivity index (χ4n) is 4.74. The highest BCUT2D eigenvalue weighted by atomic mass is 32.2. The van der Waals surface area contributed by atoms with Crippen LogP contribution in [-0.2, 0) is 10.0 Å². The van der Waals surface area contributed by atoms with Crippen molar-refractivity contribution in [1.82, 2.24) is 15.1 Å². The monoisotopic (exact) mass is 477 g/mol. The fourth-order valence-corrected chi connectivity index (χ4v) is 6.69. The molecule has 4 rings (SSSR count). The Hall–Kier alpha value is -2.20. The van der Waals surface area contributed by atoms with Gasteiger partial charge in [0, 0.05) is 17.8 Å². The lowest BCUT2D eigenvalue weighted by atomic mass is 9.84. The quantitative estimate of drug-likeness (QED) is 0.564. The van der Waals surface area contributed by atoms with Crippen LogP contribution in [0.3, 0.4) is 0 Å². The number of sulfonamides is 1. The number of aromatic nitrogens is 2. The van der Waals surface area contributed by atoms with Crippen molar-refractivity contribution in [2.45, 2.75) is 81.1 Å². The Morgan fingerprint density at radius 2 is 1.62 bits per heavy atom. The van der Waals surface area contributed by atoms with Crippen molar-refractivity contribution >= 4 is 38.2 Å². The molecule has 0 bridgehead atoms. The van der Waals surface area contributed by atoms with Crippen molar-refractivity contribution < 1.29 is 13.2 Å². The summed E-state index contributed by atoms with van der Waals surface area (Å²) >= 11 is 0.867. The van der Waals surface area contributed by atoms with E-state index in [0.29, 0.717) is 11.6 Å². The first kappa shape index (κ1) is 23.0. The molecule has 0 aliphatic heterocycles. The van der Waals surface area contributed by atoms with Gasteiger partial charge in [-0.25, -0.2) is 4.79 Å². The molecular weight excluding hydrogens is 446 g/mol. The number of benzene rings is 1. The van der Waals surface area contributed by atoms with Crippen molar-refractivity contribution in [3.63, 3.8) is 0 Å². The number of nitrogens with one attached hydrogen (secondary N) is 2. The first-order valence-electron chi connectivity index (χ1n) is 11.4. The molecule has 0 radical (unpaired) electrons. The molecule has 0 saturated heterocycles. The number of amides is 2. The third-order valence-corrected chi connectivity index (χ3v) is 9.05.